The van der Waals surface area contributed by atoms with Crippen LogP contribution in [0.1, 0.15) is 10.4 Å². The molecule has 7 nitrogen and oxygen atoms in total. The molecule has 1 amide bonds. The Balaban J connectivity index is 1.73. The second-order valence-electron chi connectivity index (χ2n) is 5.75. The Morgan fingerprint density at radius 1 is 1.20 bits per heavy atom. The number of nitrogens with zero attached hydrogens (tertiary/aromatic N) is 3. The van der Waals surface area contributed by atoms with Gasteiger partial charge in [0.1, 0.15) is 11.4 Å². The molecular formula is C16H16ClFN4O3. The number of aromatic amines is 1. The van der Waals surface area contributed by atoms with Crippen LogP contribution in [0.25, 0.3) is 0 Å². The lowest BCUT2D eigenvalue weighted by Gasteiger charge is -2.36. The van der Waals surface area contributed by atoms with E-state index in [1.807, 2.05) is 4.90 Å². The molecule has 0 bridgehead atoms. The van der Waals surface area contributed by atoms with Gasteiger partial charge in [-0.2, -0.15) is 0 Å². The zero-order chi connectivity index (χ0) is 18.1. The number of piperazine rings is 1. The molecule has 1 aromatic carbocycles. The molecule has 132 valence electrons. The fraction of sp³-hybridized carbons (Fsp3) is 0.312. The SMILES string of the molecule is Cn1c(=O)[nH]cc(C(=O)N2CCN(c3ccc(F)c(Cl)c3)CC2)c1=O. The summed E-state index contributed by atoms with van der Waals surface area (Å²) >= 11 is 5.80. The monoisotopic (exact) mass is 366 g/mol. The van der Waals surface area contributed by atoms with Gasteiger partial charge in [0.05, 0.1) is 5.02 Å². The summed E-state index contributed by atoms with van der Waals surface area (Å²) in [7, 11) is 1.31. The Labute approximate surface area is 147 Å². The second kappa shape index (κ2) is 6.72. The summed E-state index contributed by atoms with van der Waals surface area (Å²) in [4.78, 5) is 41.9. The topological polar surface area (TPSA) is 78.4 Å². The van der Waals surface area contributed by atoms with Crippen molar-refractivity contribution in [1.82, 2.24) is 14.5 Å². The van der Waals surface area contributed by atoms with Crippen molar-refractivity contribution in [2.75, 3.05) is 31.1 Å². The minimum atomic E-state index is -0.624. The molecule has 25 heavy (non-hydrogen) atoms. The molecule has 0 unspecified atom stereocenters. The molecule has 1 N–H and O–H groups in total. The molecule has 1 aliphatic heterocycles. The first-order chi connectivity index (χ1) is 11.9. The van der Waals surface area contributed by atoms with Crippen LogP contribution in [0.15, 0.2) is 34.0 Å². The van der Waals surface area contributed by atoms with Gasteiger partial charge in [0, 0.05) is 45.1 Å². The Kier molecular flexibility index (Phi) is 4.63. The van der Waals surface area contributed by atoms with E-state index in [4.69, 9.17) is 11.6 Å². The van der Waals surface area contributed by atoms with Gasteiger partial charge < -0.3 is 14.8 Å². The van der Waals surface area contributed by atoms with E-state index >= 15 is 0 Å². The van der Waals surface area contributed by atoms with Crippen molar-refractivity contribution in [3.05, 3.63) is 61.6 Å². The third-order valence-electron chi connectivity index (χ3n) is 4.25. The van der Waals surface area contributed by atoms with Crippen LogP contribution in [-0.2, 0) is 7.05 Å². The Morgan fingerprint density at radius 3 is 2.52 bits per heavy atom. The largest absolute Gasteiger partial charge is 0.368 e. The van der Waals surface area contributed by atoms with E-state index in [2.05, 4.69) is 4.98 Å². The molecule has 2 aromatic rings. The summed E-state index contributed by atoms with van der Waals surface area (Å²) in [6.07, 6.45) is 1.15. The number of hydrogen-bond donors (Lipinski definition) is 1. The average molecular weight is 367 g/mol. The van der Waals surface area contributed by atoms with Crippen molar-refractivity contribution in [1.29, 1.82) is 0 Å². The lowest BCUT2D eigenvalue weighted by Crippen LogP contribution is -2.50. The van der Waals surface area contributed by atoms with E-state index in [1.54, 1.807) is 17.0 Å². The van der Waals surface area contributed by atoms with Crippen molar-refractivity contribution in [3.8, 4) is 0 Å². The van der Waals surface area contributed by atoms with E-state index in [0.29, 0.717) is 26.2 Å². The number of carbonyl (C=O) groups is 1. The molecule has 1 aromatic heterocycles. The first kappa shape index (κ1) is 17.2. The molecule has 0 atom stereocenters. The summed E-state index contributed by atoms with van der Waals surface area (Å²) in [5, 5.41) is 0.0488. The standard InChI is InChI=1S/C16H16ClFN4O3/c1-20-14(23)11(9-19-16(20)25)15(24)22-6-4-21(5-7-22)10-2-3-13(18)12(17)8-10/h2-3,8-9H,4-7H2,1H3,(H,19,25). The van der Waals surface area contributed by atoms with Crippen LogP contribution in [0, 0.1) is 5.82 Å². The molecule has 0 radical (unpaired) electrons. The highest BCUT2D eigenvalue weighted by Crippen LogP contribution is 2.23. The number of H-pyrrole nitrogens is 1. The van der Waals surface area contributed by atoms with Crippen molar-refractivity contribution < 1.29 is 9.18 Å². The first-order valence-electron chi connectivity index (χ1n) is 7.66. The van der Waals surface area contributed by atoms with Crippen molar-refractivity contribution in [2.45, 2.75) is 0 Å². The Hall–Kier alpha value is -2.61. The molecular weight excluding hydrogens is 351 g/mol. The number of halogens is 2. The second-order valence-corrected chi connectivity index (χ2v) is 6.16. The van der Waals surface area contributed by atoms with Gasteiger partial charge in [-0.15, -0.1) is 0 Å². The lowest BCUT2D eigenvalue weighted by molar-refractivity contribution is 0.0743. The van der Waals surface area contributed by atoms with Gasteiger partial charge in [-0.3, -0.25) is 14.2 Å². The van der Waals surface area contributed by atoms with Gasteiger partial charge in [0.2, 0.25) is 0 Å². The normalized spacial score (nSPS) is 14.7. The van der Waals surface area contributed by atoms with Crippen molar-refractivity contribution in [3.63, 3.8) is 0 Å². The maximum absolute atomic E-state index is 13.3. The molecule has 0 aliphatic carbocycles. The van der Waals surface area contributed by atoms with Gasteiger partial charge in [-0.25, -0.2) is 9.18 Å². The van der Waals surface area contributed by atoms with Gasteiger partial charge in [-0.1, -0.05) is 11.6 Å². The van der Waals surface area contributed by atoms with Crippen LogP contribution >= 0.6 is 11.6 Å². The highest BCUT2D eigenvalue weighted by atomic mass is 35.5. The molecule has 1 fully saturated rings. The molecule has 3 rings (SSSR count). The van der Waals surface area contributed by atoms with Gasteiger partial charge in [0.25, 0.3) is 11.5 Å². The van der Waals surface area contributed by atoms with Gasteiger partial charge >= 0.3 is 5.69 Å². The summed E-state index contributed by atoms with van der Waals surface area (Å²) in [6, 6.07) is 4.49. The molecule has 0 saturated carbocycles. The molecule has 9 heteroatoms. The lowest BCUT2D eigenvalue weighted by atomic mass is 10.2. The van der Waals surface area contributed by atoms with Crippen LogP contribution < -0.4 is 16.1 Å². The van der Waals surface area contributed by atoms with Crippen LogP contribution in [0.5, 0.6) is 0 Å². The van der Waals surface area contributed by atoms with Crippen LogP contribution in [0.4, 0.5) is 10.1 Å². The summed E-state index contributed by atoms with van der Waals surface area (Å²) < 4.78 is 14.1. The molecule has 1 saturated heterocycles. The number of amides is 1. The number of rotatable bonds is 2. The highest BCUT2D eigenvalue weighted by Gasteiger charge is 2.25. The van der Waals surface area contributed by atoms with Gasteiger partial charge in [0.15, 0.2) is 0 Å². The summed E-state index contributed by atoms with van der Waals surface area (Å²) in [5.74, 6) is -0.901. The average Bonchev–Trinajstić information content (AvgIpc) is 2.62. The zero-order valence-electron chi connectivity index (χ0n) is 13.5. The summed E-state index contributed by atoms with van der Waals surface area (Å²) in [6.45, 7) is 1.85. The van der Waals surface area contributed by atoms with E-state index in [-0.39, 0.29) is 10.6 Å². The Morgan fingerprint density at radius 2 is 1.88 bits per heavy atom. The number of hydrogen-bond acceptors (Lipinski definition) is 4. The van der Waals surface area contributed by atoms with Gasteiger partial charge in [-0.05, 0) is 18.2 Å². The maximum Gasteiger partial charge on any atom is 0.328 e. The number of anilines is 1. The highest BCUT2D eigenvalue weighted by molar-refractivity contribution is 6.31. The predicted octanol–water partition coefficient (Wildman–Crippen LogP) is 0.828. The number of benzene rings is 1. The third-order valence-corrected chi connectivity index (χ3v) is 4.53. The number of nitrogens with one attached hydrogen (secondary N) is 1. The number of carbonyl (C=O) groups excluding carboxylic acids is 1. The van der Waals surface area contributed by atoms with E-state index in [0.717, 1.165) is 16.5 Å². The minimum absolute atomic E-state index is 0.0488. The minimum Gasteiger partial charge on any atom is -0.368 e. The number of aromatic nitrogens is 2. The summed E-state index contributed by atoms with van der Waals surface area (Å²) in [5.41, 5.74) is -0.486. The zero-order valence-corrected chi connectivity index (χ0v) is 14.2. The maximum atomic E-state index is 13.3. The quantitative estimate of drug-likeness (QED) is 0.854. The van der Waals surface area contributed by atoms with Crippen LogP contribution in [0.2, 0.25) is 5.02 Å². The molecule has 2 heterocycles. The molecule has 0 spiro atoms. The molecule has 1 aliphatic rings. The van der Waals surface area contributed by atoms with Crippen LogP contribution in [0.3, 0.4) is 0 Å². The first-order valence-corrected chi connectivity index (χ1v) is 8.04. The fourth-order valence-corrected chi connectivity index (χ4v) is 2.91. The fourth-order valence-electron chi connectivity index (χ4n) is 2.74. The smallest absolute Gasteiger partial charge is 0.328 e. The Bertz CT molecular complexity index is 932. The van der Waals surface area contributed by atoms with E-state index in [9.17, 15) is 18.8 Å². The van der Waals surface area contributed by atoms with E-state index < -0.39 is 23.0 Å². The van der Waals surface area contributed by atoms with Crippen molar-refractivity contribution >= 4 is 23.2 Å². The third kappa shape index (κ3) is 3.30. The van der Waals surface area contributed by atoms with Crippen molar-refractivity contribution in [2.24, 2.45) is 7.05 Å². The van der Waals surface area contributed by atoms with Crippen LogP contribution in [-0.4, -0.2) is 46.5 Å². The predicted molar refractivity (Wildman–Crippen MR) is 91.8 cm³/mol. The van der Waals surface area contributed by atoms with E-state index in [1.165, 1.54) is 13.1 Å².